The van der Waals surface area contributed by atoms with Crippen LogP contribution in [-0.2, 0) is 4.79 Å². The Bertz CT molecular complexity index is 1110. The van der Waals surface area contributed by atoms with Crippen LogP contribution < -0.4 is 15.0 Å². The van der Waals surface area contributed by atoms with Crippen molar-refractivity contribution < 1.29 is 18.3 Å². The molecule has 1 aliphatic rings. The molecule has 0 bridgehead atoms. The summed E-state index contributed by atoms with van der Waals surface area (Å²) in [6.07, 6.45) is 9.41. The minimum atomic E-state index is -1.04. The summed E-state index contributed by atoms with van der Waals surface area (Å²) >= 11 is 0. The Kier molecular flexibility index (Phi) is 7.31. The van der Waals surface area contributed by atoms with Gasteiger partial charge < -0.3 is 19.9 Å². The zero-order valence-corrected chi connectivity index (χ0v) is 18.6. The van der Waals surface area contributed by atoms with E-state index >= 15 is 0 Å². The number of aromatic amines is 1. The van der Waals surface area contributed by atoms with Crippen molar-refractivity contribution in [3.05, 3.63) is 36.4 Å². The Morgan fingerprint density at radius 1 is 1.15 bits per heavy atom. The first kappa shape index (κ1) is 22.9. The van der Waals surface area contributed by atoms with Gasteiger partial charge in [0.1, 0.15) is 18.5 Å². The number of rotatable bonds is 10. The SMILES string of the molecule is CC1COc2c(ccc(F)c2F)N1C(=O)CCCCCCCCNc1ncnc2nc[nH]c12. The highest BCUT2D eigenvalue weighted by Crippen LogP contribution is 2.37. The number of imidazole rings is 1. The lowest BCUT2D eigenvalue weighted by Crippen LogP contribution is -2.45. The van der Waals surface area contributed by atoms with E-state index in [4.69, 9.17) is 4.74 Å². The number of aromatic nitrogens is 4. The molecule has 3 aromatic rings. The largest absolute Gasteiger partial charge is 0.486 e. The zero-order valence-electron chi connectivity index (χ0n) is 18.6. The number of ether oxygens (including phenoxy) is 1. The van der Waals surface area contributed by atoms with E-state index in [1.165, 1.54) is 17.3 Å². The minimum Gasteiger partial charge on any atom is -0.486 e. The van der Waals surface area contributed by atoms with Crippen LogP contribution in [0.15, 0.2) is 24.8 Å². The fourth-order valence-electron chi connectivity index (χ4n) is 4.08. The second-order valence-corrected chi connectivity index (χ2v) is 8.25. The number of fused-ring (bicyclic) bond motifs is 2. The number of nitrogens with one attached hydrogen (secondary N) is 2. The summed E-state index contributed by atoms with van der Waals surface area (Å²) in [5, 5.41) is 3.31. The molecule has 0 fully saturated rings. The van der Waals surface area contributed by atoms with E-state index in [0.29, 0.717) is 17.8 Å². The number of amides is 1. The quantitative estimate of drug-likeness (QED) is 0.432. The van der Waals surface area contributed by atoms with E-state index in [1.54, 1.807) is 6.33 Å². The third-order valence-corrected chi connectivity index (χ3v) is 5.80. The first-order valence-corrected chi connectivity index (χ1v) is 11.4. The van der Waals surface area contributed by atoms with Gasteiger partial charge in [-0.05, 0) is 31.9 Å². The van der Waals surface area contributed by atoms with Gasteiger partial charge in [0.2, 0.25) is 11.7 Å². The van der Waals surface area contributed by atoms with Crippen LogP contribution in [-0.4, -0.2) is 45.0 Å². The van der Waals surface area contributed by atoms with Gasteiger partial charge in [0.25, 0.3) is 0 Å². The van der Waals surface area contributed by atoms with Crippen LogP contribution in [0, 0.1) is 11.6 Å². The summed E-state index contributed by atoms with van der Waals surface area (Å²) in [6, 6.07) is 2.22. The number of carbonyl (C=O) groups excluding carboxylic acids is 1. The summed E-state index contributed by atoms with van der Waals surface area (Å²) in [4.78, 5) is 29.8. The lowest BCUT2D eigenvalue weighted by molar-refractivity contribution is -0.119. The molecule has 2 N–H and O–H groups in total. The zero-order chi connectivity index (χ0) is 23.2. The molecule has 176 valence electrons. The molecule has 33 heavy (non-hydrogen) atoms. The Labute approximate surface area is 190 Å². The van der Waals surface area contributed by atoms with Crippen molar-refractivity contribution in [1.29, 1.82) is 0 Å². The van der Waals surface area contributed by atoms with Crippen molar-refractivity contribution in [3.63, 3.8) is 0 Å². The highest BCUT2D eigenvalue weighted by molar-refractivity contribution is 5.96. The predicted molar refractivity (Wildman–Crippen MR) is 121 cm³/mol. The number of carbonyl (C=O) groups is 1. The number of unbranched alkanes of at least 4 members (excludes halogenated alkanes) is 5. The standard InChI is InChI=1S/C23H28F2N6O2/c1-15-12-33-21-17(10-9-16(24)19(21)25)31(15)18(32)8-6-4-2-3-5-7-11-26-22-20-23(28-13-27-20)30-14-29-22/h9-10,13-15H,2-8,11-12H2,1H3,(H2,26,27,28,29,30). The Morgan fingerprint density at radius 3 is 2.79 bits per heavy atom. The molecule has 2 aromatic heterocycles. The van der Waals surface area contributed by atoms with Crippen LogP contribution in [0.2, 0.25) is 0 Å². The number of benzene rings is 1. The van der Waals surface area contributed by atoms with E-state index in [0.717, 1.165) is 62.5 Å². The molecular weight excluding hydrogens is 430 g/mol. The Morgan fingerprint density at radius 2 is 1.94 bits per heavy atom. The lowest BCUT2D eigenvalue weighted by Gasteiger charge is -2.35. The average molecular weight is 459 g/mol. The summed E-state index contributed by atoms with van der Waals surface area (Å²) in [7, 11) is 0. The summed E-state index contributed by atoms with van der Waals surface area (Å²) in [5.41, 5.74) is 1.77. The number of anilines is 2. The molecule has 0 spiro atoms. The highest BCUT2D eigenvalue weighted by atomic mass is 19.2. The Balaban J connectivity index is 1.14. The van der Waals surface area contributed by atoms with E-state index in [1.807, 2.05) is 6.92 Å². The normalized spacial score (nSPS) is 15.4. The topological polar surface area (TPSA) is 96.0 Å². The van der Waals surface area contributed by atoms with Crippen LogP contribution in [0.4, 0.5) is 20.3 Å². The van der Waals surface area contributed by atoms with Crippen molar-refractivity contribution in [2.45, 2.75) is 57.9 Å². The molecule has 0 radical (unpaired) electrons. The van der Waals surface area contributed by atoms with Gasteiger partial charge in [0, 0.05) is 13.0 Å². The molecular formula is C23H28F2N6O2. The molecule has 3 heterocycles. The van der Waals surface area contributed by atoms with Crippen LogP contribution in [0.25, 0.3) is 11.2 Å². The molecule has 10 heteroatoms. The second-order valence-electron chi connectivity index (χ2n) is 8.25. The van der Waals surface area contributed by atoms with Gasteiger partial charge in [-0.2, -0.15) is 4.39 Å². The van der Waals surface area contributed by atoms with Crippen LogP contribution in [0.5, 0.6) is 5.75 Å². The van der Waals surface area contributed by atoms with Crippen molar-refractivity contribution in [1.82, 2.24) is 19.9 Å². The number of halogens is 2. The molecule has 8 nitrogen and oxygen atoms in total. The number of nitrogens with zero attached hydrogens (tertiary/aromatic N) is 4. The van der Waals surface area contributed by atoms with Crippen molar-refractivity contribution in [2.75, 3.05) is 23.4 Å². The second kappa shape index (κ2) is 10.5. The molecule has 1 aromatic carbocycles. The first-order chi connectivity index (χ1) is 16.1. The van der Waals surface area contributed by atoms with Gasteiger partial charge in [-0.3, -0.25) is 4.79 Å². The highest BCUT2D eigenvalue weighted by Gasteiger charge is 2.32. The molecule has 4 rings (SSSR count). The Hall–Kier alpha value is -3.30. The maximum atomic E-state index is 14.0. The van der Waals surface area contributed by atoms with E-state index < -0.39 is 11.6 Å². The summed E-state index contributed by atoms with van der Waals surface area (Å²) in [5.74, 6) is -1.52. The monoisotopic (exact) mass is 458 g/mol. The smallest absolute Gasteiger partial charge is 0.227 e. The summed E-state index contributed by atoms with van der Waals surface area (Å²) < 4.78 is 32.9. The minimum absolute atomic E-state index is 0.0859. The molecule has 1 atom stereocenters. The van der Waals surface area contributed by atoms with Crippen LogP contribution in [0.1, 0.15) is 51.9 Å². The number of H-pyrrole nitrogens is 1. The average Bonchev–Trinajstić information content (AvgIpc) is 3.30. The molecule has 1 aliphatic heterocycles. The maximum Gasteiger partial charge on any atom is 0.227 e. The molecule has 0 aliphatic carbocycles. The van der Waals surface area contributed by atoms with Crippen LogP contribution >= 0.6 is 0 Å². The fraction of sp³-hybridized carbons (Fsp3) is 0.478. The third kappa shape index (κ3) is 5.20. The van der Waals surface area contributed by atoms with Gasteiger partial charge >= 0.3 is 0 Å². The molecule has 1 unspecified atom stereocenters. The lowest BCUT2D eigenvalue weighted by atomic mass is 10.1. The van der Waals surface area contributed by atoms with Crippen LogP contribution in [0.3, 0.4) is 0 Å². The predicted octanol–water partition coefficient (Wildman–Crippen LogP) is 4.59. The van der Waals surface area contributed by atoms with Crippen molar-refractivity contribution in [3.8, 4) is 5.75 Å². The molecule has 1 amide bonds. The van der Waals surface area contributed by atoms with Gasteiger partial charge in [-0.1, -0.05) is 25.7 Å². The third-order valence-electron chi connectivity index (χ3n) is 5.80. The fourth-order valence-corrected chi connectivity index (χ4v) is 4.08. The first-order valence-electron chi connectivity index (χ1n) is 11.4. The number of hydrogen-bond donors (Lipinski definition) is 2. The van der Waals surface area contributed by atoms with Gasteiger partial charge in [-0.25, -0.2) is 19.3 Å². The van der Waals surface area contributed by atoms with Gasteiger partial charge in [0.15, 0.2) is 23.0 Å². The van der Waals surface area contributed by atoms with Gasteiger partial charge in [0.05, 0.1) is 18.1 Å². The maximum absolute atomic E-state index is 14.0. The van der Waals surface area contributed by atoms with E-state index in [2.05, 4.69) is 25.3 Å². The molecule has 0 saturated heterocycles. The molecule has 0 saturated carbocycles. The van der Waals surface area contributed by atoms with Gasteiger partial charge in [-0.15, -0.1) is 0 Å². The number of hydrogen-bond acceptors (Lipinski definition) is 6. The summed E-state index contributed by atoms with van der Waals surface area (Å²) in [6.45, 7) is 2.80. The van der Waals surface area contributed by atoms with E-state index in [9.17, 15) is 13.6 Å². The van der Waals surface area contributed by atoms with Crippen molar-refractivity contribution >= 4 is 28.6 Å². The van der Waals surface area contributed by atoms with Crippen molar-refractivity contribution in [2.24, 2.45) is 0 Å². The van der Waals surface area contributed by atoms with E-state index in [-0.39, 0.29) is 24.3 Å².